The number of rotatable bonds is 8. The molecular weight excluding hydrogens is 328 g/mol. The highest BCUT2D eigenvalue weighted by Crippen LogP contribution is 2.28. The van der Waals surface area contributed by atoms with Crippen molar-refractivity contribution in [3.8, 4) is 11.5 Å². The lowest BCUT2D eigenvalue weighted by Crippen LogP contribution is -2.25. The molecule has 0 unspecified atom stereocenters. The van der Waals surface area contributed by atoms with Crippen LogP contribution < -0.4 is 14.8 Å². The van der Waals surface area contributed by atoms with Crippen LogP contribution >= 0.6 is 0 Å². The smallest absolute Gasteiger partial charge is 0.251 e. The molecule has 0 bridgehead atoms. The van der Waals surface area contributed by atoms with Gasteiger partial charge >= 0.3 is 0 Å². The van der Waals surface area contributed by atoms with Gasteiger partial charge < -0.3 is 19.8 Å². The first-order valence-corrected chi connectivity index (χ1v) is 8.95. The maximum absolute atomic E-state index is 12.3. The summed E-state index contributed by atoms with van der Waals surface area (Å²) < 4.78 is 11.2. The third kappa shape index (κ3) is 4.17. The average Bonchev–Trinajstić information content (AvgIpc) is 3.12. The van der Waals surface area contributed by atoms with Crippen LogP contribution in [0.4, 0.5) is 0 Å². The zero-order valence-electron chi connectivity index (χ0n) is 15.2. The van der Waals surface area contributed by atoms with E-state index in [9.17, 15) is 4.79 Å². The number of carbonyl (C=O) groups excluding carboxylic acids is 1. The Morgan fingerprint density at radius 3 is 2.62 bits per heavy atom. The molecule has 0 aliphatic heterocycles. The molecule has 26 heavy (non-hydrogen) atoms. The zero-order chi connectivity index (χ0) is 18.4. The second-order valence-electron chi connectivity index (χ2n) is 5.93. The van der Waals surface area contributed by atoms with Crippen molar-refractivity contribution in [2.75, 3.05) is 19.8 Å². The molecule has 2 N–H and O–H groups in total. The van der Waals surface area contributed by atoms with Gasteiger partial charge in [-0.2, -0.15) is 0 Å². The number of hydrogen-bond donors (Lipinski definition) is 2. The van der Waals surface area contributed by atoms with Gasteiger partial charge in [-0.3, -0.25) is 4.79 Å². The van der Waals surface area contributed by atoms with E-state index in [4.69, 9.17) is 9.47 Å². The monoisotopic (exact) mass is 352 g/mol. The summed E-state index contributed by atoms with van der Waals surface area (Å²) in [6.45, 7) is 5.64. The van der Waals surface area contributed by atoms with E-state index < -0.39 is 0 Å². The van der Waals surface area contributed by atoms with Gasteiger partial charge in [0.05, 0.1) is 13.2 Å². The Hall–Kier alpha value is -2.95. The topological polar surface area (TPSA) is 63.3 Å². The van der Waals surface area contributed by atoms with Gasteiger partial charge in [-0.25, -0.2) is 0 Å². The maximum atomic E-state index is 12.3. The number of hydrogen-bond acceptors (Lipinski definition) is 3. The van der Waals surface area contributed by atoms with Gasteiger partial charge in [0.1, 0.15) is 0 Å². The molecule has 0 aliphatic carbocycles. The van der Waals surface area contributed by atoms with Crippen LogP contribution in [0.25, 0.3) is 10.9 Å². The summed E-state index contributed by atoms with van der Waals surface area (Å²) in [4.78, 5) is 15.5. The maximum Gasteiger partial charge on any atom is 0.251 e. The van der Waals surface area contributed by atoms with Crippen LogP contribution in [-0.4, -0.2) is 30.6 Å². The Morgan fingerprint density at radius 2 is 1.81 bits per heavy atom. The summed E-state index contributed by atoms with van der Waals surface area (Å²) in [6, 6.07) is 13.5. The summed E-state index contributed by atoms with van der Waals surface area (Å²) in [5.41, 5.74) is 2.79. The summed E-state index contributed by atoms with van der Waals surface area (Å²) in [5, 5.41) is 4.01. The van der Waals surface area contributed by atoms with Gasteiger partial charge in [0.15, 0.2) is 11.5 Å². The van der Waals surface area contributed by atoms with Crippen molar-refractivity contribution in [2.45, 2.75) is 20.3 Å². The second-order valence-corrected chi connectivity index (χ2v) is 5.93. The van der Waals surface area contributed by atoms with Crippen LogP contribution in [0.5, 0.6) is 11.5 Å². The molecule has 1 aromatic heterocycles. The van der Waals surface area contributed by atoms with E-state index in [0.29, 0.717) is 25.3 Å². The van der Waals surface area contributed by atoms with Crippen LogP contribution in [0, 0.1) is 0 Å². The van der Waals surface area contributed by atoms with Crippen LogP contribution in [0.3, 0.4) is 0 Å². The summed E-state index contributed by atoms with van der Waals surface area (Å²) in [7, 11) is 0. The molecule has 3 rings (SSSR count). The first kappa shape index (κ1) is 17.9. The number of carbonyl (C=O) groups is 1. The van der Waals surface area contributed by atoms with Crippen molar-refractivity contribution in [3.63, 3.8) is 0 Å². The Bertz CT molecular complexity index is 886. The van der Waals surface area contributed by atoms with Crippen molar-refractivity contribution in [1.82, 2.24) is 10.3 Å². The molecule has 0 saturated heterocycles. The number of aromatic amines is 1. The molecule has 1 amide bonds. The first-order chi connectivity index (χ1) is 12.7. The fraction of sp³-hybridized carbons (Fsp3) is 0.286. The molecular formula is C21H24N2O3. The Labute approximate surface area is 153 Å². The fourth-order valence-electron chi connectivity index (χ4n) is 2.87. The van der Waals surface area contributed by atoms with Crippen LogP contribution in [0.2, 0.25) is 0 Å². The molecule has 0 radical (unpaired) electrons. The van der Waals surface area contributed by atoms with Crippen molar-refractivity contribution in [2.24, 2.45) is 0 Å². The number of fused-ring (bicyclic) bond motifs is 1. The Kier molecular flexibility index (Phi) is 5.79. The van der Waals surface area contributed by atoms with E-state index in [1.54, 1.807) is 0 Å². The summed E-state index contributed by atoms with van der Waals surface area (Å²) in [5.74, 6) is 1.43. The lowest BCUT2D eigenvalue weighted by atomic mass is 10.1. The van der Waals surface area contributed by atoms with E-state index in [2.05, 4.69) is 10.3 Å². The average molecular weight is 352 g/mol. The quantitative estimate of drug-likeness (QED) is 0.645. The van der Waals surface area contributed by atoms with Gasteiger partial charge in [-0.05, 0) is 62.2 Å². The highest BCUT2D eigenvalue weighted by atomic mass is 16.5. The lowest BCUT2D eigenvalue weighted by molar-refractivity contribution is 0.0954. The van der Waals surface area contributed by atoms with Crippen molar-refractivity contribution in [1.29, 1.82) is 0 Å². The van der Waals surface area contributed by atoms with Gasteiger partial charge in [-0.1, -0.05) is 6.07 Å². The molecule has 2 aromatic carbocycles. The fourth-order valence-corrected chi connectivity index (χ4v) is 2.87. The predicted octanol–water partition coefficient (Wildman–Crippen LogP) is 3.94. The molecule has 5 heteroatoms. The number of amides is 1. The normalized spacial score (nSPS) is 10.7. The second kappa shape index (κ2) is 8.43. The van der Waals surface area contributed by atoms with Crippen molar-refractivity contribution in [3.05, 3.63) is 59.8 Å². The van der Waals surface area contributed by atoms with E-state index in [0.717, 1.165) is 34.4 Å². The predicted molar refractivity (Wildman–Crippen MR) is 103 cm³/mol. The Balaban J connectivity index is 1.59. The molecule has 0 aliphatic rings. The van der Waals surface area contributed by atoms with Crippen molar-refractivity contribution < 1.29 is 14.3 Å². The minimum atomic E-state index is -0.0657. The van der Waals surface area contributed by atoms with Gasteiger partial charge in [0, 0.05) is 29.2 Å². The van der Waals surface area contributed by atoms with Crippen LogP contribution in [0.1, 0.15) is 29.8 Å². The highest BCUT2D eigenvalue weighted by molar-refractivity contribution is 5.98. The van der Waals surface area contributed by atoms with E-state index >= 15 is 0 Å². The lowest BCUT2D eigenvalue weighted by Gasteiger charge is -2.12. The molecule has 1 heterocycles. The Morgan fingerprint density at radius 1 is 1.00 bits per heavy atom. The zero-order valence-corrected chi connectivity index (χ0v) is 15.2. The van der Waals surface area contributed by atoms with E-state index in [1.807, 2.05) is 62.5 Å². The first-order valence-electron chi connectivity index (χ1n) is 8.95. The SMILES string of the molecule is CCOc1ccc(CCNC(=O)c2ccc3[nH]ccc3c2)cc1OCC. The summed E-state index contributed by atoms with van der Waals surface area (Å²) in [6.07, 6.45) is 2.60. The van der Waals surface area contributed by atoms with Crippen LogP contribution in [-0.2, 0) is 6.42 Å². The number of aromatic nitrogens is 1. The minimum absolute atomic E-state index is 0.0657. The number of benzene rings is 2. The number of nitrogens with one attached hydrogen (secondary N) is 2. The molecule has 0 spiro atoms. The third-order valence-electron chi connectivity index (χ3n) is 4.12. The van der Waals surface area contributed by atoms with Gasteiger partial charge in [-0.15, -0.1) is 0 Å². The van der Waals surface area contributed by atoms with Gasteiger partial charge in [0.25, 0.3) is 5.91 Å². The van der Waals surface area contributed by atoms with Gasteiger partial charge in [0.2, 0.25) is 0 Å². The molecule has 0 fully saturated rings. The molecule has 0 saturated carbocycles. The third-order valence-corrected chi connectivity index (χ3v) is 4.12. The van der Waals surface area contributed by atoms with E-state index in [1.165, 1.54) is 0 Å². The minimum Gasteiger partial charge on any atom is -0.490 e. The highest BCUT2D eigenvalue weighted by Gasteiger charge is 2.08. The van der Waals surface area contributed by atoms with Crippen molar-refractivity contribution >= 4 is 16.8 Å². The van der Waals surface area contributed by atoms with E-state index in [-0.39, 0.29) is 5.91 Å². The molecule has 5 nitrogen and oxygen atoms in total. The molecule has 0 atom stereocenters. The molecule has 136 valence electrons. The largest absolute Gasteiger partial charge is 0.490 e. The standard InChI is InChI=1S/C21H24N2O3/c1-3-25-19-8-5-15(13-20(19)26-4-2)9-11-23-21(24)17-6-7-18-16(14-17)10-12-22-18/h5-8,10,12-14,22H,3-4,9,11H2,1-2H3,(H,23,24). The molecule has 3 aromatic rings. The number of H-pyrrole nitrogens is 1. The van der Waals surface area contributed by atoms with Crippen LogP contribution in [0.15, 0.2) is 48.7 Å². The summed E-state index contributed by atoms with van der Waals surface area (Å²) >= 11 is 0. The number of ether oxygens (including phenoxy) is 2.